The highest BCUT2D eigenvalue weighted by Gasteiger charge is 2.14. The van der Waals surface area contributed by atoms with Crippen LogP contribution in [0.15, 0.2) is 36.4 Å². The maximum Gasteiger partial charge on any atom is 0.340 e. The lowest BCUT2D eigenvalue weighted by molar-refractivity contribution is 0.0602. The number of nitrogens with one attached hydrogen (secondary N) is 1. The summed E-state index contributed by atoms with van der Waals surface area (Å²) in [7, 11) is 1.26. The van der Waals surface area contributed by atoms with E-state index in [9.17, 15) is 9.18 Å². The molecule has 0 amide bonds. The van der Waals surface area contributed by atoms with Crippen LogP contribution in [0.4, 0.5) is 21.5 Å². The van der Waals surface area contributed by atoms with Crippen LogP contribution in [0.3, 0.4) is 0 Å². The smallest absolute Gasteiger partial charge is 0.340 e. The first-order valence-electron chi connectivity index (χ1n) is 5.72. The maximum atomic E-state index is 13.8. The van der Waals surface area contributed by atoms with E-state index in [4.69, 9.17) is 17.3 Å². The maximum absolute atomic E-state index is 13.8. The Kier molecular flexibility index (Phi) is 4.10. The van der Waals surface area contributed by atoms with Crippen LogP contribution in [0.5, 0.6) is 0 Å². The van der Waals surface area contributed by atoms with Gasteiger partial charge in [0, 0.05) is 0 Å². The number of rotatable bonds is 3. The molecule has 0 atom stereocenters. The summed E-state index contributed by atoms with van der Waals surface area (Å²) in [5.74, 6) is -1.14. The highest BCUT2D eigenvalue weighted by Crippen LogP contribution is 2.30. The SMILES string of the molecule is COC(=O)c1cccc(Nc2cccc(Cl)c2F)c1N. The van der Waals surface area contributed by atoms with Crippen molar-refractivity contribution in [2.45, 2.75) is 0 Å². The number of hydrogen-bond donors (Lipinski definition) is 2. The van der Waals surface area contributed by atoms with Gasteiger partial charge in [-0.15, -0.1) is 0 Å². The predicted octanol–water partition coefficient (Wildman–Crippen LogP) is 3.59. The second-order valence-electron chi connectivity index (χ2n) is 3.98. The number of para-hydroxylation sites is 1. The molecule has 0 aliphatic rings. The van der Waals surface area contributed by atoms with E-state index in [-0.39, 0.29) is 22.0 Å². The number of ether oxygens (including phenoxy) is 1. The number of anilines is 3. The van der Waals surface area contributed by atoms with E-state index in [0.29, 0.717) is 5.69 Å². The van der Waals surface area contributed by atoms with Gasteiger partial charge in [0.05, 0.1) is 34.8 Å². The molecule has 4 nitrogen and oxygen atoms in total. The van der Waals surface area contributed by atoms with E-state index in [0.717, 1.165) is 0 Å². The molecule has 0 aliphatic carbocycles. The molecule has 0 aromatic heterocycles. The van der Waals surface area contributed by atoms with Crippen LogP contribution in [0.1, 0.15) is 10.4 Å². The van der Waals surface area contributed by atoms with Gasteiger partial charge in [0.2, 0.25) is 0 Å². The molecule has 2 aromatic carbocycles. The average Bonchev–Trinajstić information content (AvgIpc) is 2.45. The van der Waals surface area contributed by atoms with E-state index in [2.05, 4.69) is 10.1 Å². The summed E-state index contributed by atoms with van der Waals surface area (Å²) < 4.78 is 18.4. The van der Waals surface area contributed by atoms with Crippen LogP contribution >= 0.6 is 11.6 Å². The summed E-state index contributed by atoms with van der Waals surface area (Å²) in [6, 6.07) is 9.34. The van der Waals surface area contributed by atoms with Crippen LogP contribution < -0.4 is 11.1 Å². The van der Waals surface area contributed by atoms with Gasteiger partial charge < -0.3 is 15.8 Å². The normalized spacial score (nSPS) is 10.2. The van der Waals surface area contributed by atoms with Gasteiger partial charge in [0.25, 0.3) is 0 Å². The first-order chi connectivity index (χ1) is 9.54. The van der Waals surface area contributed by atoms with E-state index in [1.54, 1.807) is 18.2 Å². The van der Waals surface area contributed by atoms with Gasteiger partial charge in [0.15, 0.2) is 5.82 Å². The van der Waals surface area contributed by atoms with Gasteiger partial charge >= 0.3 is 5.97 Å². The highest BCUT2D eigenvalue weighted by atomic mass is 35.5. The number of halogens is 2. The number of benzene rings is 2. The molecule has 0 spiro atoms. The minimum absolute atomic E-state index is 0.00214. The molecule has 0 unspecified atom stereocenters. The fourth-order valence-corrected chi connectivity index (χ4v) is 1.88. The predicted molar refractivity (Wildman–Crippen MR) is 76.9 cm³/mol. The molecule has 0 bridgehead atoms. The molecule has 104 valence electrons. The minimum atomic E-state index is -0.586. The van der Waals surface area contributed by atoms with Crippen molar-refractivity contribution in [2.75, 3.05) is 18.2 Å². The Labute approximate surface area is 120 Å². The topological polar surface area (TPSA) is 64.3 Å². The summed E-state index contributed by atoms with van der Waals surface area (Å²) in [6.45, 7) is 0. The molecule has 0 fully saturated rings. The van der Waals surface area contributed by atoms with Crippen LogP contribution in [-0.2, 0) is 4.74 Å². The Bertz CT molecular complexity index is 662. The van der Waals surface area contributed by atoms with E-state index < -0.39 is 11.8 Å². The number of hydrogen-bond acceptors (Lipinski definition) is 4. The van der Waals surface area contributed by atoms with Crippen molar-refractivity contribution in [3.05, 3.63) is 52.8 Å². The molecular weight excluding hydrogens is 283 g/mol. The first kappa shape index (κ1) is 14.1. The Morgan fingerprint density at radius 1 is 1.25 bits per heavy atom. The second-order valence-corrected chi connectivity index (χ2v) is 4.39. The zero-order chi connectivity index (χ0) is 14.7. The van der Waals surface area contributed by atoms with E-state index >= 15 is 0 Å². The number of carbonyl (C=O) groups excluding carboxylic acids is 1. The van der Waals surface area contributed by atoms with Gasteiger partial charge in [-0.1, -0.05) is 23.7 Å². The molecule has 0 aliphatic heterocycles. The van der Waals surface area contributed by atoms with Crippen LogP contribution in [-0.4, -0.2) is 13.1 Å². The van der Waals surface area contributed by atoms with Gasteiger partial charge in [-0.3, -0.25) is 0 Å². The number of methoxy groups -OCH3 is 1. The van der Waals surface area contributed by atoms with Crippen molar-refractivity contribution in [1.29, 1.82) is 0 Å². The largest absolute Gasteiger partial charge is 0.465 e. The third kappa shape index (κ3) is 2.67. The van der Waals surface area contributed by atoms with Crippen molar-refractivity contribution in [1.82, 2.24) is 0 Å². The van der Waals surface area contributed by atoms with Gasteiger partial charge in [-0.2, -0.15) is 0 Å². The zero-order valence-electron chi connectivity index (χ0n) is 10.6. The van der Waals surface area contributed by atoms with Crippen molar-refractivity contribution < 1.29 is 13.9 Å². The summed E-state index contributed by atoms with van der Waals surface area (Å²) in [4.78, 5) is 11.5. The van der Waals surface area contributed by atoms with Gasteiger partial charge in [0.1, 0.15) is 0 Å². The quantitative estimate of drug-likeness (QED) is 0.671. The standard InChI is InChI=1S/C14H12ClFN2O2/c1-20-14(19)8-4-2-7-11(13(8)17)18-10-6-3-5-9(15)12(10)16/h2-7,18H,17H2,1H3. The average molecular weight is 295 g/mol. The summed E-state index contributed by atoms with van der Waals surface area (Å²) in [6.07, 6.45) is 0. The van der Waals surface area contributed by atoms with Crippen molar-refractivity contribution >= 4 is 34.6 Å². The molecule has 0 saturated heterocycles. The minimum Gasteiger partial charge on any atom is -0.465 e. The van der Waals surface area contributed by atoms with E-state index in [1.807, 2.05) is 0 Å². The molecular formula is C14H12ClFN2O2. The molecule has 0 saturated carbocycles. The van der Waals surface area contributed by atoms with Gasteiger partial charge in [-0.25, -0.2) is 9.18 Å². The molecule has 20 heavy (non-hydrogen) atoms. The third-order valence-corrected chi connectivity index (χ3v) is 3.02. The van der Waals surface area contributed by atoms with Crippen LogP contribution in [0, 0.1) is 5.82 Å². The fourth-order valence-electron chi connectivity index (χ4n) is 1.71. The third-order valence-electron chi connectivity index (χ3n) is 2.73. The fraction of sp³-hybridized carbons (Fsp3) is 0.0714. The van der Waals surface area contributed by atoms with Crippen molar-refractivity contribution in [3.63, 3.8) is 0 Å². The zero-order valence-corrected chi connectivity index (χ0v) is 11.4. The Morgan fingerprint density at radius 2 is 1.90 bits per heavy atom. The van der Waals surface area contributed by atoms with Crippen molar-refractivity contribution in [3.8, 4) is 0 Å². The van der Waals surface area contributed by atoms with E-state index in [1.165, 1.54) is 25.3 Å². The number of carbonyl (C=O) groups is 1. The summed E-state index contributed by atoms with van der Waals surface area (Å²) in [5.41, 5.74) is 6.83. The molecule has 2 rings (SSSR count). The number of nitrogens with two attached hydrogens (primary N) is 1. The van der Waals surface area contributed by atoms with Crippen LogP contribution in [0.2, 0.25) is 5.02 Å². The monoisotopic (exact) mass is 294 g/mol. The summed E-state index contributed by atoms with van der Waals surface area (Å²) >= 11 is 5.70. The van der Waals surface area contributed by atoms with Crippen LogP contribution in [0.25, 0.3) is 0 Å². The lowest BCUT2D eigenvalue weighted by atomic mass is 10.1. The molecule has 2 aromatic rings. The van der Waals surface area contributed by atoms with Gasteiger partial charge in [-0.05, 0) is 24.3 Å². The molecule has 6 heteroatoms. The van der Waals surface area contributed by atoms with Crippen molar-refractivity contribution in [2.24, 2.45) is 0 Å². The second kappa shape index (κ2) is 5.79. The Balaban J connectivity index is 2.39. The Hall–Kier alpha value is -2.27. The summed E-state index contributed by atoms with van der Waals surface area (Å²) in [5, 5.41) is 2.81. The Morgan fingerprint density at radius 3 is 2.60 bits per heavy atom. The first-order valence-corrected chi connectivity index (χ1v) is 6.10. The lowest BCUT2D eigenvalue weighted by Gasteiger charge is -2.13. The molecule has 3 N–H and O–H groups in total. The molecule has 0 radical (unpaired) electrons. The number of esters is 1. The molecule has 0 heterocycles. The highest BCUT2D eigenvalue weighted by molar-refractivity contribution is 6.31. The lowest BCUT2D eigenvalue weighted by Crippen LogP contribution is -2.08. The number of nitrogen functional groups attached to an aromatic ring is 1.